The molecule has 26 heavy (non-hydrogen) atoms. The number of aryl methyl sites for hydroxylation is 2. The Morgan fingerprint density at radius 1 is 1.23 bits per heavy atom. The molecular weight excluding hydrogens is 332 g/mol. The molecule has 1 atom stereocenters. The van der Waals surface area contributed by atoms with Crippen LogP contribution in [-0.2, 0) is 11.2 Å². The number of hydrogen-bond donors (Lipinski definition) is 1. The molecule has 0 aliphatic carbocycles. The van der Waals surface area contributed by atoms with Gasteiger partial charge in [0.2, 0.25) is 0 Å². The number of carboxylic acids is 1. The van der Waals surface area contributed by atoms with E-state index in [1.165, 1.54) is 17.7 Å². The van der Waals surface area contributed by atoms with Crippen LogP contribution in [0.2, 0.25) is 0 Å². The average Bonchev–Trinajstić information content (AvgIpc) is 2.67. The molecule has 6 heteroatoms. The van der Waals surface area contributed by atoms with E-state index in [9.17, 15) is 9.59 Å². The van der Waals surface area contributed by atoms with E-state index >= 15 is 0 Å². The number of carboxylic acid groups (broad SMARTS) is 1. The number of ether oxygens (including phenoxy) is 1. The summed E-state index contributed by atoms with van der Waals surface area (Å²) in [5.41, 5.74) is 3.01. The third-order valence-corrected chi connectivity index (χ3v) is 4.65. The minimum Gasteiger partial charge on any atom is -0.478 e. The summed E-state index contributed by atoms with van der Waals surface area (Å²) in [5.74, 6) is -1.25. The first kappa shape index (κ1) is 18.1. The number of morpholine rings is 1. The van der Waals surface area contributed by atoms with E-state index < -0.39 is 5.97 Å². The lowest BCUT2D eigenvalue weighted by molar-refractivity contribution is -0.0230. The zero-order chi connectivity index (χ0) is 18.7. The summed E-state index contributed by atoms with van der Waals surface area (Å²) in [5, 5.41) is 9.09. The average molecular weight is 354 g/mol. The summed E-state index contributed by atoms with van der Waals surface area (Å²) in [7, 11) is 0. The van der Waals surface area contributed by atoms with Crippen LogP contribution in [0.1, 0.15) is 50.7 Å². The van der Waals surface area contributed by atoms with Crippen LogP contribution in [0.4, 0.5) is 0 Å². The molecule has 2 heterocycles. The lowest BCUT2D eigenvalue weighted by Crippen LogP contribution is -2.42. The van der Waals surface area contributed by atoms with Crippen molar-refractivity contribution in [2.75, 3.05) is 19.7 Å². The van der Waals surface area contributed by atoms with E-state index in [0.29, 0.717) is 25.4 Å². The smallest absolute Gasteiger partial charge is 0.337 e. The van der Waals surface area contributed by atoms with E-state index in [0.717, 1.165) is 12.0 Å². The van der Waals surface area contributed by atoms with Crippen molar-refractivity contribution in [3.63, 3.8) is 0 Å². The summed E-state index contributed by atoms with van der Waals surface area (Å²) in [6, 6.07) is 11.1. The van der Waals surface area contributed by atoms with Crippen LogP contribution < -0.4 is 0 Å². The van der Waals surface area contributed by atoms with E-state index in [1.54, 1.807) is 11.8 Å². The third-order valence-electron chi connectivity index (χ3n) is 4.65. The molecule has 1 saturated heterocycles. The van der Waals surface area contributed by atoms with Crippen LogP contribution in [0.3, 0.4) is 0 Å². The van der Waals surface area contributed by atoms with Crippen LogP contribution in [0.25, 0.3) is 0 Å². The normalized spacial score (nSPS) is 17.2. The minimum atomic E-state index is -1.05. The maximum absolute atomic E-state index is 12.8. The Morgan fingerprint density at radius 3 is 2.58 bits per heavy atom. The van der Waals surface area contributed by atoms with Crippen LogP contribution in [-0.4, -0.2) is 46.6 Å². The molecule has 1 amide bonds. The fraction of sp³-hybridized carbons (Fsp3) is 0.350. The molecule has 0 radical (unpaired) electrons. The first-order valence-corrected chi connectivity index (χ1v) is 8.70. The highest BCUT2D eigenvalue weighted by Gasteiger charge is 2.27. The highest BCUT2D eigenvalue weighted by molar-refractivity contribution is 5.94. The number of nitrogens with zero attached hydrogens (tertiary/aromatic N) is 2. The molecule has 6 nitrogen and oxygen atoms in total. The molecular formula is C20H22N2O4. The van der Waals surface area contributed by atoms with Crippen LogP contribution in [0.5, 0.6) is 0 Å². The number of amides is 1. The van der Waals surface area contributed by atoms with Gasteiger partial charge in [-0.05, 0) is 36.6 Å². The largest absolute Gasteiger partial charge is 0.478 e. The van der Waals surface area contributed by atoms with Gasteiger partial charge in [-0.25, -0.2) is 9.78 Å². The molecule has 1 N–H and O–H groups in total. The zero-order valence-electron chi connectivity index (χ0n) is 14.9. The first-order chi connectivity index (χ1) is 12.5. The SMILES string of the molecule is CCc1ccc(C2CN(C(=O)c3ccc(C(=O)O)c(C)n3)CCO2)cc1. The molecule has 1 fully saturated rings. The van der Waals surface area contributed by atoms with Gasteiger partial charge in [0.25, 0.3) is 5.91 Å². The Bertz CT molecular complexity index is 817. The second kappa shape index (κ2) is 7.66. The van der Waals surface area contributed by atoms with Gasteiger partial charge in [0.05, 0.1) is 24.4 Å². The summed E-state index contributed by atoms with van der Waals surface area (Å²) < 4.78 is 5.84. The van der Waals surface area contributed by atoms with Crippen LogP contribution in [0.15, 0.2) is 36.4 Å². The van der Waals surface area contributed by atoms with Crippen molar-refractivity contribution in [3.05, 3.63) is 64.5 Å². The summed E-state index contributed by atoms with van der Waals surface area (Å²) in [6.45, 7) is 5.10. The number of aromatic nitrogens is 1. The molecule has 1 unspecified atom stereocenters. The van der Waals surface area contributed by atoms with Crippen molar-refractivity contribution in [1.29, 1.82) is 0 Å². The second-order valence-electron chi connectivity index (χ2n) is 6.34. The van der Waals surface area contributed by atoms with Crippen molar-refractivity contribution in [3.8, 4) is 0 Å². The van der Waals surface area contributed by atoms with Gasteiger partial charge >= 0.3 is 5.97 Å². The minimum absolute atomic E-state index is 0.109. The van der Waals surface area contributed by atoms with E-state index in [-0.39, 0.29) is 23.3 Å². The predicted octanol–water partition coefficient (Wildman–Crippen LogP) is 2.86. The molecule has 0 spiro atoms. The Morgan fingerprint density at radius 2 is 1.96 bits per heavy atom. The highest BCUT2D eigenvalue weighted by atomic mass is 16.5. The topological polar surface area (TPSA) is 79.7 Å². The van der Waals surface area contributed by atoms with Gasteiger partial charge < -0.3 is 14.7 Å². The molecule has 0 bridgehead atoms. The Labute approximate surface area is 152 Å². The van der Waals surface area contributed by atoms with Crippen molar-refractivity contribution in [2.45, 2.75) is 26.4 Å². The maximum Gasteiger partial charge on any atom is 0.337 e. The van der Waals surface area contributed by atoms with Gasteiger partial charge in [-0.15, -0.1) is 0 Å². The van der Waals surface area contributed by atoms with Crippen molar-refractivity contribution in [2.24, 2.45) is 0 Å². The predicted molar refractivity (Wildman–Crippen MR) is 96.3 cm³/mol. The summed E-state index contributed by atoms with van der Waals surface area (Å²) in [6.07, 6.45) is 0.811. The molecule has 1 aliphatic rings. The molecule has 136 valence electrons. The monoisotopic (exact) mass is 354 g/mol. The third kappa shape index (κ3) is 3.75. The van der Waals surface area contributed by atoms with Gasteiger partial charge in [0.15, 0.2) is 0 Å². The van der Waals surface area contributed by atoms with Crippen molar-refractivity contribution in [1.82, 2.24) is 9.88 Å². The van der Waals surface area contributed by atoms with Crippen molar-refractivity contribution >= 4 is 11.9 Å². The van der Waals surface area contributed by atoms with E-state index in [4.69, 9.17) is 9.84 Å². The van der Waals surface area contributed by atoms with Gasteiger partial charge in [-0.1, -0.05) is 31.2 Å². The number of hydrogen-bond acceptors (Lipinski definition) is 4. The number of aromatic carboxylic acids is 1. The van der Waals surface area contributed by atoms with Gasteiger partial charge in [0, 0.05) is 6.54 Å². The molecule has 1 aromatic heterocycles. The highest BCUT2D eigenvalue weighted by Crippen LogP contribution is 2.24. The second-order valence-corrected chi connectivity index (χ2v) is 6.34. The van der Waals surface area contributed by atoms with E-state index in [2.05, 4.69) is 24.0 Å². The number of carbonyl (C=O) groups is 2. The fourth-order valence-electron chi connectivity index (χ4n) is 3.07. The summed E-state index contributed by atoms with van der Waals surface area (Å²) >= 11 is 0. The number of rotatable bonds is 4. The number of carbonyl (C=O) groups excluding carboxylic acids is 1. The lowest BCUT2D eigenvalue weighted by Gasteiger charge is -2.33. The fourth-order valence-corrected chi connectivity index (χ4v) is 3.07. The Hall–Kier alpha value is -2.73. The molecule has 1 aliphatic heterocycles. The lowest BCUT2D eigenvalue weighted by atomic mass is 10.0. The zero-order valence-corrected chi connectivity index (χ0v) is 14.9. The maximum atomic E-state index is 12.8. The molecule has 1 aromatic carbocycles. The Balaban J connectivity index is 1.75. The molecule has 3 rings (SSSR count). The van der Waals surface area contributed by atoms with Gasteiger partial charge in [-0.3, -0.25) is 4.79 Å². The van der Waals surface area contributed by atoms with Crippen LogP contribution >= 0.6 is 0 Å². The van der Waals surface area contributed by atoms with Gasteiger partial charge in [0.1, 0.15) is 11.8 Å². The first-order valence-electron chi connectivity index (χ1n) is 8.70. The number of benzene rings is 1. The quantitative estimate of drug-likeness (QED) is 0.913. The van der Waals surface area contributed by atoms with Gasteiger partial charge in [-0.2, -0.15) is 0 Å². The molecule has 0 saturated carbocycles. The standard InChI is InChI=1S/C20H22N2O4/c1-3-14-4-6-15(7-5-14)18-12-22(10-11-26-18)19(23)17-9-8-16(20(24)25)13(2)21-17/h4-9,18H,3,10-12H2,1-2H3,(H,24,25). The molecule has 2 aromatic rings. The Kier molecular flexibility index (Phi) is 5.32. The van der Waals surface area contributed by atoms with Crippen molar-refractivity contribution < 1.29 is 19.4 Å². The summed E-state index contributed by atoms with van der Waals surface area (Å²) in [4.78, 5) is 29.8. The van der Waals surface area contributed by atoms with E-state index in [1.807, 2.05) is 12.1 Å². The van der Waals surface area contributed by atoms with Crippen LogP contribution in [0, 0.1) is 6.92 Å². The number of pyridine rings is 1.